The Bertz CT molecular complexity index is 331. The lowest BCUT2D eigenvalue weighted by atomic mass is 10.3. The molecule has 1 aromatic rings. The molecule has 0 aliphatic rings. The summed E-state index contributed by atoms with van der Waals surface area (Å²) in [6, 6.07) is 1.96. The van der Waals surface area contributed by atoms with Crippen molar-refractivity contribution in [1.29, 1.82) is 0 Å². The van der Waals surface area contributed by atoms with E-state index in [1.54, 1.807) is 13.1 Å². The van der Waals surface area contributed by atoms with Gasteiger partial charge >= 0.3 is 0 Å². The number of aryl methyl sites for hydroxylation is 1. The molecule has 5 heteroatoms. The topological polar surface area (TPSA) is 57.2 Å². The Kier molecular flexibility index (Phi) is 5.73. The molecule has 4 nitrogen and oxygen atoms in total. The summed E-state index contributed by atoms with van der Waals surface area (Å²) in [7, 11) is 0. The van der Waals surface area contributed by atoms with Gasteiger partial charge in [0.2, 0.25) is 0 Å². The van der Waals surface area contributed by atoms with E-state index in [0.29, 0.717) is 6.54 Å². The van der Waals surface area contributed by atoms with E-state index in [0.717, 1.165) is 28.9 Å². The van der Waals surface area contributed by atoms with Crippen LogP contribution < -0.4 is 10.6 Å². The molecular formula is C11H18BrN3O. The third-order valence-electron chi connectivity index (χ3n) is 2.12. The van der Waals surface area contributed by atoms with E-state index in [4.69, 9.17) is 5.11 Å². The summed E-state index contributed by atoms with van der Waals surface area (Å²) in [4.78, 5) is 4.24. The number of nitrogens with one attached hydrogen (secondary N) is 2. The van der Waals surface area contributed by atoms with Crippen molar-refractivity contribution < 1.29 is 5.11 Å². The van der Waals surface area contributed by atoms with Gasteiger partial charge in [0.25, 0.3) is 0 Å². The van der Waals surface area contributed by atoms with Crippen molar-refractivity contribution in [2.75, 3.05) is 25.0 Å². The Hall–Kier alpha value is -0.650. The first-order chi connectivity index (χ1) is 7.61. The van der Waals surface area contributed by atoms with Crippen LogP contribution in [0.15, 0.2) is 16.7 Å². The Labute approximate surface area is 105 Å². The van der Waals surface area contributed by atoms with Crippen LogP contribution in [0.25, 0.3) is 0 Å². The average molecular weight is 288 g/mol. The number of hydrogen-bond donors (Lipinski definition) is 3. The van der Waals surface area contributed by atoms with E-state index in [1.165, 1.54) is 0 Å². The minimum absolute atomic E-state index is 0.302. The molecule has 3 N–H and O–H groups in total. The number of rotatable bonds is 6. The molecule has 90 valence electrons. The van der Waals surface area contributed by atoms with Crippen molar-refractivity contribution in [1.82, 2.24) is 10.3 Å². The lowest BCUT2D eigenvalue weighted by Crippen LogP contribution is -2.29. The van der Waals surface area contributed by atoms with Gasteiger partial charge in [-0.3, -0.25) is 0 Å². The van der Waals surface area contributed by atoms with Crippen LogP contribution in [0.3, 0.4) is 0 Å². The van der Waals surface area contributed by atoms with Crippen molar-refractivity contribution in [3.63, 3.8) is 0 Å². The van der Waals surface area contributed by atoms with Crippen LogP contribution in [-0.4, -0.2) is 35.8 Å². The maximum Gasteiger partial charge on any atom is 0.140 e. The van der Waals surface area contributed by atoms with E-state index < -0.39 is 0 Å². The lowest BCUT2D eigenvalue weighted by molar-refractivity contribution is 0.192. The molecule has 1 atom stereocenters. The normalized spacial score (nSPS) is 12.5. The molecule has 0 aromatic carbocycles. The second kappa shape index (κ2) is 6.83. The third kappa shape index (κ3) is 4.47. The van der Waals surface area contributed by atoms with Crippen LogP contribution in [-0.2, 0) is 0 Å². The Morgan fingerprint density at radius 3 is 2.94 bits per heavy atom. The highest BCUT2D eigenvalue weighted by atomic mass is 79.9. The van der Waals surface area contributed by atoms with Gasteiger partial charge in [-0.1, -0.05) is 0 Å². The molecule has 0 fully saturated rings. The number of aliphatic hydroxyl groups is 1. The lowest BCUT2D eigenvalue weighted by Gasteiger charge is -2.10. The maximum atomic E-state index is 9.05. The summed E-state index contributed by atoms with van der Waals surface area (Å²) >= 11 is 3.49. The molecule has 1 unspecified atom stereocenters. The number of nitrogens with zero attached hydrogens (tertiary/aromatic N) is 1. The predicted molar refractivity (Wildman–Crippen MR) is 69.7 cm³/mol. The van der Waals surface area contributed by atoms with Gasteiger partial charge < -0.3 is 15.7 Å². The zero-order chi connectivity index (χ0) is 12.0. The molecule has 1 rings (SSSR count). The highest BCUT2D eigenvalue weighted by Gasteiger charge is 2.02. The minimum atomic E-state index is -0.302. The van der Waals surface area contributed by atoms with Crippen LogP contribution >= 0.6 is 15.9 Å². The highest BCUT2D eigenvalue weighted by Crippen LogP contribution is 2.22. The monoisotopic (exact) mass is 287 g/mol. The van der Waals surface area contributed by atoms with Gasteiger partial charge in [0, 0.05) is 25.8 Å². The van der Waals surface area contributed by atoms with E-state index in [1.807, 2.05) is 13.0 Å². The Morgan fingerprint density at radius 1 is 1.50 bits per heavy atom. The molecule has 0 saturated heterocycles. The van der Waals surface area contributed by atoms with Crippen LogP contribution in [0.2, 0.25) is 0 Å². The second-order valence-electron chi connectivity index (χ2n) is 3.77. The number of anilines is 1. The summed E-state index contributed by atoms with van der Waals surface area (Å²) in [5.41, 5.74) is 1.16. The van der Waals surface area contributed by atoms with E-state index in [9.17, 15) is 0 Å². The molecular weight excluding hydrogens is 270 g/mol. The first-order valence-electron chi connectivity index (χ1n) is 5.35. The van der Waals surface area contributed by atoms with Crippen LogP contribution in [0.1, 0.15) is 12.5 Å². The first-order valence-corrected chi connectivity index (χ1v) is 6.14. The molecule has 1 aromatic heterocycles. The van der Waals surface area contributed by atoms with Gasteiger partial charge in [-0.05, 0) is 41.4 Å². The fraction of sp³-hybridized carbons (Fsp3) is 0.545. The van der Waals surface area contributed by atoms with Crippen LogP contribution in [0.4, 0.5) is 5.82 Å². The van der Waals surface area contributed by atoms with Crippen molar-refractivity contribution >= 4 is 21.7 Å². The van der Waals surface area contributed by atoms with Crippen molar-refractivity contribution in [3.05, 3.63) is 22.3 Å². The zero-order valence-corrected chi connectivity index (χ0v) is 11.2. The number of halogens is 1. The molecule has 1 heterocycles. The summed E-state index contributed by atoms with van der Waals surface area (Å²) < 4.78 is 1.01. The largest absolute Gasteiger partial charge is 0.392 e. The SMILES string of the molecule is Cc1ccnc(NCCNCC(C)O)c1Br. The summed E-state index contributed by atoms with van der Waals surface area (Å²) in [5, 5.41) is 15.4. The molecule has 0 amide bonds. The molecule has 16 heavy (non-hydrogen) atoms. The van der Waals surface area contributed by atoms with E-state index in [2.05, 4.69) is 31.5 Å². The van der Waals surface area contributed by atoms with Gasteiger partial charge in [-0.15, -0.1) is 0 Å². The number of aliphatic hydroxyl groups excluding tert-OH is 1. The maximum absolute atomic E-state index is 9.05. The van der Waals surface area contributed by atoms with Crippen molar-refractivity contribution in [2.45, 2.75) is 20.0 Å². The zero-order valence-electron chi connectivity index (χ0n) is 9.63. The van der Waals surface area contributed by atoms with Gasteiger partial charge in [0.1, 0.15) is 5.82 Å². The number of aromatic nitrogens is 1. The summed E-state index contributed by atoms with van der Waals surface area (Å²) in [5.74, 6) is 0.860. The molecule has 0 saturated carbocycles. The van der Waals surface area contributed by atoms with Crippen LogP contribution in [0, 0.1) is 6.92 Å². The minimum Gasteiger partial charge on any atom is -0.392 e. The van der Waals surface area contributed by atoms with E-state index in [-0.39, 0.29) is 6.10 Å². The Morgan fingerprint density at radius 2 is 2.25 bits per heavy atom. The van der Waals surface area contributed by atoms with Gasteiger partial charge in [-0.25, -0.2) is 4.98 Å². The van der Waals surface area contributed by atoms with Crippen molar-refractivity contribution in [3.8, 4) is 0 Å². The number of pyridine rings is 1. The predicted octanol–water partition coefficient (Wildman–Crippen LogP) is 1.53. The van der Waals surface area contributed by atoms with Gasteiger partial charge in [0.15, 0.2) is 0 Å². The summed E-state index contributed by atoms with van der Waals surface area (Å²) in [6.45, 7) is 5.99. The number of hydrogen-bond acceptors (Lipinski definition) is 4. The molecule has 0 radical (unpaired) electrons. The van der Waals surface area contributed by atoms with Crippen molar-refractivity contribution in [2.24, 2.45) is 0 Å². The summed E-state index contributed by atoms with van der Waals surface area (Å²) in [6.07, 6.45) is 1.48. The fourth-order valence-corrected chi connectivity index (χ4v) is 1.62. The van der Waals surface area contributed by atoms with Gasteiger partial charge in [-0.2, -0.15) is 0 Å². The van der Waals surface area contributed by atoms with Crippen LogP contribution in [0.5, 0.6) is 0 Å². The molecule has 0 aliphatic carbocycles. The third-order valence-corrected chi connectivity index (χ3v) is 3.12. The standard InChI is InChI=1S/C11H18BrN3O/c1-8-3-4-14-11(10(8)12)15-6-5-13-7-9(2)16/h3-4,9,13,16H,5-7H2,1-2H3,(H,14,15). The van der Waals surface area contributed by atoms with E-state index >= 15 is 0 Å². The smallest absolute Gasteiger partial charge is 0.140 e. The quantitative estimate of drug-likeness (QED) is 0.695. The first kappa shape index (κ1) is 13.4. The average Bonchev–Trinajstić information content (AvgIpc) is 2.23. The van der Waals surface area contributed by atoms with Gasteiger partial charge in [0.05, 0.1) is 10.6 Å². The highest BCUT2D eigenvalue weighted by molar-refractivity contribution is 9.10. The molecule has 0 aliphatic heterocycles. The molecule has 0 bridgehead atoms. The fourth-order valence-electron chi connectivity index (χ4n) is 1.24. The second-order valence-corrected chi connectivity index (χ2v) is 4.56. The molecule has 0 spiro atoms. The Balaban J connectivity index is 2.29.